The first-order valence-electron chi connectivity index (χ1n) is 10.1. The number of benzene rings is 2. The Morgan fingerprint density at radius 3 is 2.63 bits per heavy atom. The van der Waals surface area contributed by atoms with Gasteiger partial charge in [-0.15, -0.1) is 11.3 Å². The van der Waals surface area contributed by atoms with E-state index in [1.54, 1.807) is 16.2 Å². The van der Waals surface area contributed by atoms with Gasteiger partial charge in [0.25, 0.3) is 5.91 Å². The number of para-hydroxylation sites is 1. The molecule has 0 bridgehead atoms. The second-order valence-electron chi connectivity index (χ2n) is 7.76. The maximum absolute atomic E-state index is 13.1. The van der Waals surface area contributed by atoms with Crippen molar-refractivity contribution >= 4 is 33.4 Å². The number of amides is 1. The normalized spacial score (nSPS) is 19.2. The van der Waals surface area contributed by atoms with E-state index in [9.17, 15) is 9.59 Å². The van der Waals surface area contributed by atoms with E-state index >= 15 is 0 Å². The quantitative estimate of drug-likeness (QED) is 0.637. The molecule has 7 heteroatoms. The lowest BCUT2D eigenvalue weighted by atomic mass is 9.94. The first-order chi connectivity index (χ1) is 14.5. The molecule has 1 aliphatic heterocycles. The largest absolute Gasteiger partial charge is 0.465 e. The number of rotatable bonds is 5. The van der Waals surface area contributed by atoms with Crippen molar-refractivity contribution in [2.75, 3.05) is 20.7 Å². The van der Waals surface area contributed by atoms with E-state index in [1.807, 2.05) is 56.4 Å². The number of likely N-dealkylation sites (N-methyl/N-ethyl adjacent to an activating group) is 1. The highest BCUT2D eigenvalue weighted by Gasteiger charge is 2.38. The van der Waals surface area contributed by atoms with Gasteiger partial charge in [-0.1, -0.05) is 36.4 Å². The molecule has 1 unspecified atom stereocenters. The second-order valence-corrected chi connectivity index (χ2v) is 8.82. The summed E-state index contributed by atoms with van der Waals surface area (Å²) >= 11 is 1.61. The highest BCUT2D eigenvalue weighted by atomic mass is 32.1. The second kappa shape index (κ2) is 8.53. The Balaban J connectivity index is 1.51. The molecule has 156 valence electrons. The minimum absolute atomic E-state index is 0.00922. The van der Waals surface area contributed by atoms with Gasteiger partial charge in [0.2, 0.25) is 0 Å². The van der Waals surface area contributed by atoms with Crippen LogP contribution in [0.25, 0.3) is 10.2 Å². The van der Waals surface area contributed by atoms with Crippen molar-refractivity contribution in [1.82, 2.24) is 9.88 Å². The summed E-state index contributed by atoms with van der Waals surface area (Å²) < 4.78 is 6.15. The van der Waals surface area contributed by atoms with Crippen LogP contribution in [0.2, 0.25) is 0 Å². The van der Waals surface area contributed by atoms with E-state index in [-0.39, 0.29) is 30.5 Å². The third kappa shape index (κ3) is 3.95. The zero-order chi connectivity index (χ0) is 21.3. The molecule has 2 aromatic carbocycles. The van der Waals surface area contributed by atoms with Crippen LogP contribution in [-0.2, 0) is 27.3 Å². The zero-order valence-electron chi connectivity index (χ0n) is 17.4. The van der Waals surface area contributed by atoms with Crippen LogP contribution in [0.1, 0.15) is 29.1 Å². The number of aromatic nitrogens is 1. The number of carbonyl (C=O) groups excluding carboxylic acids is 2. The van der Waals surface area contributed by atoms with E-state index in [4.69, 9.17) is 9.72 Å². The molecule has 0 saturated carbocycles. The summed E-state index contributed by atoms with van der Waals surface area (Å²) in [5, 5.41) is 0.913. The lowest BCUT2D eigenvalue weighted by molar-refractivity contribution is -0.925. The molecule has 0 radical (unpaired) electrons. The van der Waals surface area contributed by atoms with Crippen molar-refractivity contribution in [3.05, 3.63) is 64.7 Å². The summed E-state index contributed by atoms with van der Waals surface area (Å²) in [4.78, 5) is 32.9. The average Bonchev–Trinajstić information content (AvgIpc) is 3.21. The molecule has 4 rings (SSSR count). The van der Waals surface area contributed by atoms with Crippen molar-refractivity contribution in [3.63, 3.8) is 0 Å². The lowest BCUT2D eigenvalue weighted by Gasteiger charge is -2.33. The Labute approximate surface area is 180 Å². The van der Waals surface area contributed by atoms with Crippen LogP contribution in [0.5, 0.6) is 0 Å². The van der Waals surface area contributed by atoms with E-state index in [2.05, 4.69) is 6.07 Å². The molecule has 6 nitrogen and oxygen atoms in total. The number of nitrogens with one attached hydrogen (secondary N) is 1. The molecule has 1 aromatic heterocycles. The Bertz CT molecular complexity index is 1050. The van der Waals surface area contributed by atoms with Gasteiger partial charge in [0.15, 0.2) is 12.6 Å². The van der Waals surface area contributed by atoms with Gasteiger partial charge >= 0.3 is 5.97 Å². The fourth-order valence-corrected chi connectivity index (χ4v) is 5.07. The Morgan fingerprint density at radius 1 is 1.20 bits per heavy atom. The highest BCUT2D eigenvalue weighted by molar-refractivity contribution is 7.18. The predicted octanol–water partition coefficient (Wildman–Crippen LogP) is 2.00. The number of fused-ring (bicyclic) bond motifs is 2. The Hall–Kier alpha value is -2.77. The summed E-state index contributed by atoms with van der Waals surface area (Å²) in [7, 11) is 3.22. The average molecular weight is 425 g/mol. The summed E-state index contributed by atoms with van der Waals surface area (Å²) in [6.07, 6.45) is 0.586. The number of esters is 1. The molecule has 3 aromatic rings. The van der Waals surface area contributed by atoms with Gasteiger partial charge in [0, 0.05) is 19.0 Å². The lowest BCUT2D eigenvalue weighted by Crippen LogP contribution is -3.17. The maximum Gasteiger partial charge on any atom is 0.365 e. The van der Waals surface area contributed by atoms with E-state index in [0.717, 1.165) is 25.7 Å². The monoisotopic (exact) mass is 424 g/mol. The molecule has 2 heterocycles. The number of ether oxygens (including phenoxy) is 1. The summed E-state index contributed by atoms with van der Waals surface area (Å²) in [5.41, 5.74) is 3.29. The van der Waals surface area contributed by atoms with E-state index < -0.39 is 0 Å². The highest BCUT2D eigenvalue weighted by Crippen LogP contribution is 2.28. The van der Waals surface area contributed by atoms with Crippen molar-refractivity contribution < 1.29 is 19.2 Å². The molecule has 1 aliphatic rings. The number of thiazole rings is 1. The molecule has 3 atom stereocenters. The maximum atomic E-state index is 13.1. The first-order valence-corrected chi connectivity index (χ1v) is 10.9. The van der Waals surface area contributed by atoms with Crippen LogP contribution in [0.4, 0.5) is 0 Å². The summed E-state index contributed by atoms with van der Waals surface area (Å²) in [5.74, 6) is -0.279. The van der Waals surface area contributed by atoms with Gasteiger partial charge < -0.3 is 14.5 Å². The third-order valence-corrected chi connectivity index (χ3v) is 7.17. The molecule has 1 N–H and O–H groups in total. The third-order valence-electron chi connectivity index (χ3n) is 5.96. The molecule has 0 aliphatic carbocycles. The molecule has 1 amide bonds. The molecule has 0 fully saturated rings. The van der Waals surface area contributed by atoms with Crippen LogP contribution in [-0.4, -0.2) is 48.5 Å². The van der Waals surface area contributed by atoms with Crippen LogP contribution >= 0.6 is 11.3 Å². The molecule has 30 heavy (non-hydrogen) atoms. The van der Waals surface area contributed by atoms with Crippen molar-refractivity contribution in [3.8, 4) is 0 Å². The van der Waals surface area contributed by atoms with Crippen molar-refractivity contribution in [1.29, 1.82) is 0 Å². The number of carbonyl (C=O) groups is 2. The van der Waals surface area contributed by atoms with Crippen LogP contribution in [0, 0.1) is 0 Å². The Morgan fingerprint density at radius 2 is 1.90 bits per heavy atom. The van der Waals surface area contributed by atoms with Crippen LogP contribution < -0.4 is 4.90 Å². The fraction of sp³-hybridized carbons (Fsp3) is 0.348. The predicted molar refractivity (Wildman–Crippen MR) is 116 cm³/mol. The van der Waals surface area contributed by atoms with Gasteiger partial charge in [0.1, 0.15) is 11.6 Å². The number of methoxy groups -OCH3 is 1. The van der Waals surface area contributed by atoms with E-state index in [1.165, 1.54) is 12.7 Å². The molecular formula is C23H26N3O3S+. The topological polar surface area (TPSA) is 63.9 Å². The number of hydrogen-bond acceptors (Lipinski definition) is 5. The van der Waals surface area contributed by atoms with Gasteiger partial charge in [-0.05, 0) is 24.6 Å². The van der Waals surface area contributed by atoms with Gasteiger partial charge in [-0.3, -0.25) is 4.79 Å². The van der Waals surface area contributed by atoms with E-state index in [0.29, 0.717) is 13.0 Å². The summed E-state index contributed by atoms with van der Waals surface area (Å²) in [6, 6.07) is 15.6. The summed E-state index contributed by atoms with van der Waals surface area (Å²) in [6.45, 7) is 2.86. The smallest absolute Gasteiger partial charge is 0.365 e. The first kappa shape index (κ1) is 20.5. The minimum atomic E-state index is -0.375. The Kier molecular flexibility index (Phi) is 5.83. The van der Waals surface area contributed by atoms with Crippen LogP contribution in [0.3, 0.4) is 0 Å². The van der Waals surface area contributed by atoms with Crippen molar-refractivity contribution in [2.45, 2.75) is 32.0 Å². The van der Waals surface area contributed by atoms with Gasteiger partial charge in [-0.2, -0.15) is 0 Å². The zero-order valence-corrected chi connectivity index (χ0v) is 18.2. The number of nitrogens with zero attached hydrogens (tertiary/aromatic N) is 2. The minimum Gasteiger partial charge on any atom is -0.465 e. The fourth-order valence-electron chi connectivity index (χ4n) is 4.01. The van der Waals surface area contributed by atoms with Crippen LogP contribution in [0.15, 0.2) is 48.5 Å². The van der Waals surface area contributed by atoms with Gasteiger partial charge in [-0.25, -0.2) is 9.78 Å². The standard InChI is InChI=1S/C23H25N3O3S/c1-15(22-24-18-10-6-7-11-20(18)30-22)25(2)21(27)14-26-13-17-9-5-4-8-16(17)12-19(26)23(28)29-3/h4-11,15,19H,12-14H2,1-3H3/p+1/t15-,19-/m1/s1. The molecule has 0 saturated heterocycles. The number of quaternary nitrogens is 1. The van der Waals surface area contributed by atoms with Crippen molar-refractivity contribution in [2.24, 2.45) is 0 Å². The SMILES string of the molecule is COC(=O)[C@H]1Cc2ccccc2C[NH+]1CC(=O)N(C)[C@H](C)c1nc2ccccc2s1. The number of hydrogen-bond donors (Lipinski definition) is 1. The van der Waals surface area contributed by atoms with Gasteiger partial charge in [0.05, 0.1) is 23.4 Å². The molecular weight excluding hydrogens is 398 g/mol. The molecule has 0 spiro atoms.